The van der Waals surface area contributed by atoms with Gasteiger partial charge in [0, 0.05) is 18.0 Å². The van der Waals surface area contributed by atoms with E-state index in [1.807, 2.05) is 31.2 Å². The zero-order valence-corrected chi connectivity index (χ0v) is 15.4. The molecule has 2 N–H and O–H groups in total. The number of hydrogen-bond acceptors (Lipinski definition) is 5. The number of benzene rings is 2. The van der Waals surface area contributed by atoms with E-state index in [0.717, 1.165) is 16.9 Å². The summed E-state index contributed by atoms with van der Waals surface area (Å²) in [6.45, 7) is 2.02. The maximum absolute atomic E-state index is 12.7. The van der Waals surface area contributed by atoms with Gasteiger partial charge in [0.05, 0.1) is 37.4 Å². The van der Waals surface area contributed by atoms with Crippen molar-refractivity contribution in [1.29, 1.82) is 0 Å². The molecule has 1 aromatic heterocycles. The van der Waals surface area contributed by atoms with Crippen LogP contribution in [0.2, 0.25) is 0 Å². The quantitative estimate of drug-likeness (QED) is 0.679. The first-order chi connectivity index (χ1) is 13.1. The molecule has 0 aliphatic carbocycles. The van der Waals surface area contributed by atoms with Gasteiger partial charge in [-0.2, -0.15) is 0 Å². The summed E-state index contributed by atoms with van der Waals surface area (Å²) in [6.07, 6.45) is 3.19. The van der Waals surface area contributed by atoms with Gasteiger partial charge in [-0.3, -0.25) is 9.78 Å². The van der Waals surface area contributed by atoms with Crippen molar-refractivity contribution in [3.8, 4) is 11.5 Å². The molecule has 0 aliphatic heterocycles. The molecule has 0 aliphatic rings. The predicted molar refractivity (Wildman–Crippen MR) is 106 cm³/mol. The monoisotopic (exact) mass is 363 g/mol. The van der Waals surface area contributed by atoms with Gasteiger partial charge in [0.2, 0.25) is 0 Å². The van der Waals surface area contributed by atoms with E-state index in [0.29, 0.717) is 22.7 Å². The third-order valence-electron chi connectivity index (χ3n) is 4.08. The highest BCUT2D eigenvalue weighted by molar-refractivity contribution is 6.05. The number of aromatic nitrogens is 1. The number of carbonyl (C=O) groups excluding carboxylic acids is 1. The zero-order chi connectivity index (χ0) is 19.2. The van der Waals surface area contributed by atoms with Gasteiger partial charge in [0.15, 0.2) is 0 Å². The SMILES string of the molecule is COc1ccc(OC)c(NC(=O)c2cncc(Nc3ccccc3C)c2)c1. The Kier molecular flexibility index (Phi) is 5.56. The number of nitrogens with one attached hydrogen (secondary N) is 2. The van der Waals surface area contributed by atoms with Gasteiger partial charge in [-0.1, -0.05) is 18.2 Å². The van der Waals surface area contributed by atoms with Gasteiger partial charge in [-0.25, -0.2) is 0 Å². The number of hydrogen-bond donors (Lipinski definition) is 2. The number of ether oxygens (including phenoxy) is 2. The normalized spacial score (nSPS) is 10.2. The molecule has 138 valence electrons. The van der Waals surface area contributed by atoms with Crippen molar-refractivity contribution >= 4 is 23.0 Å². The van der Waals surface area contributed by atoms with E-state index in [2.05, 4.69) is 15.6 Å². The van der Waals surface area contributed by atoms with Gasteiger partial charge in [0.1, 0.15) is 11.5 Å². The van der Waals surface area contributed by atoms with Crippen molar-refractivity contribution in [2.24, 2.45) is 0 Å². The number of carbonyl (C=O) groups is 1. The lowest BCUT2D eigenvalue weighted by molar-refractivity contribution is 0.102. The summed E-state index contributed by atoms with van der Waals surface area (Å²) in [6, 6.07) is 14.9. The molecule has 6 heteroatoms. The second kappa shape index (κ2) is 8.23. The Morgan fingerprint density at radius 1 is 0.963 bits per heavy atom. The number of rotatable bonds is 6. The van der Waals surface area contributed by atoms with E-state index < -0.39 is 0 Å². The highest BCUT2D eigenvalue weighted by Crippen LogP contribution is 2.29. The van der Waals surface area contributed by atoms with Gasteiger partial charge in [-0.15, -0.1) is 0 Å². The Hall–Kier alpha value is -3.54. The molecule has 6 nitrogen and oxygen atoms in total. The van der Waals surface area contributed by atoms with E-state index in [1.54, 1.807) is 44.7 Å². The van der Waals surface area contributed by atoms with Crippen molar-refractivity contribution in [3.63, 3.8) is 0 Å². The molecule has 0 atom stereocenters. The second-order valence-electron chi connectivity index (χ2n) is 5.92. The van der Waals surface area contributed by atoms with E-state index in [4.69, 9.17) is 9.47 Å². The fourth-order valence-electron chi connectivity index (χ4n) is 2.61. The summed E-state index contributed by atoms with van der Waals surface area (Å²) >= 11 is 0. The lowest BCUT2D eigenvalue weighted by Crippen LogP contribution is -2.13. The van der Waals surface area contributed by atoms with Crippen molar-refractivity contribution in [2.75, 3.05) is 24.9 Å². The molecule has 0 fully saturated rings. The minimum atomic E-state index is -0.289. The van der Waals surface area contributed by atoms with Crippen molar-refractivity contribution < 1.29 is 14.3 Å². The topological polar surface area (TPSA) is 72.5 Å². The first kappa shape index (κ1) is 18.3. The molecule has 27 heavy (non-hydrogen) atoms. The van der Waals surface area contributed by atoms with Crippen LogP contribution in [0.4, 0.5) is 17.1 Å². The van der Waals surface area contributed by atoms with Crippen LogP contribution in [-0.2, 0) is 0 Å². The molecule has 1 amide bonds. The van der Waals surface area contributed by atoms with E-state index in [-0.39, 0.29) is 5.91 Å². The molecule has 3 rings (SSSR count). The average molecular weight is 363 g/mol. The third-order valence-corrected chi connectivity index (χ3v) is 4.08. The van der Waals surface area contributed by atoms with Crippen LogP contribution in [0.5, 0.6) is 11.5 Å². The number of pyridine rings is 1. The molecule has 0 spiro atoms. The third kappa shape index (κ3) is 4.36. The van der Waals surface area contributed by atoms with Gasteiger partial charge in [0.25, 0.3) is 5.91 Å². The first-order valence-electron chi connectivity index (χ1n) is 8.42. The van der Waals surface area contributed by atoms with Gasteiger partial charge < -0.3 is 20.1 Å². The van der Waals surface area contributed by atoms with Crippen LogP contribution in [0.15, 0.2) is 60.9 Å². The summed E-state index contributed by atoms with van der Waals surface area (Å²) in [5.74, 6) is 0.882. The van der Waals surface area contributed by atoms with E-state index in [1.165, 1.54) is 6.20 Å². The van der Waals surface area contributed by atoms with Crippen LogP contribution in [0.25, 0.3) is 0 Å². The summed E-state index contributed by atoms with van der Waals surface area (Å²) in [5, 5.41) is 6.13. The van der Waals surface area contributed by atoms with Crippen LogP contribution in [0, 0.1) is 6.92 Å². The van der Waals surface area contributed by atoms with Crippen molar-refractivity contribution in [3.05, 3.63) is 72.1 Å². The average Bonchev–Trinajstić information content (AvgIpc) is 2.70. The molecule has 0 bridgehead atoms. The maximum Gasteiger partial charge on any atom is 0.257 e. The fourth-order valence-corrected chi connectivity index (χ4v) is 2.61. The number of anilines is 3. The lowest BCUT2D eigenvalue weighted by Gasteiger charge is -2.13. The lowest BCUT2D eigenvalue weighted by atomic mass is 10.2. The van der Waals surface area contributed by atoms with Crippen LogP contribution in [-0.4, -0.2) is 25.1 Å². The van der Waals surface area contributed by atoms with Crippen LogP contribution >= 0.6 is 0 Å². The number of methoxy groups -OCH3 is 2. The first-order valence-corrected chi connectivity index (χ1v) is 8.42. The Balaban J connectivity index is 1.81. The van der Waals surface area contributed by atoms with Crippen LogP contribution in [0.3, 0.4) is 0 Å². The largest absolute Gasteiger partial charge is 0.497 e. The fraction of sp³-hybridized carbons (Fsp3) is 0.143. The Labute approximate surface area is 158 Å². The minimum absolute atomic E-state index is 0.289. The second-order valence-corrected chi connectivity index (χ2v) is 5.92. The van der Waals surface area contributed by atoms with Gasteiger partial charge >= 0.3 is 0 Å². The van der Waals surface area contributed by atoms with Crippen LogP contribution in [0.1, 0.15) is 15.9 Å². The van der Waals surface area contributed by atoms with Crippen LogP contribution < -0.4 is 20.1 Å². The Bertz CT molecular complexity index is 957. The maximum atomic E-state index is 12.7. The smallest absolute Gasteiger partial charge is 0.257 e. The predicted octanol–water partition coefficient (Wildman–Crippen LogP) is 4.40. The molecule has 0 unspecified atom stereocenters. The van der Waals surface area contributed by atoms with Crippen molar-refractivity contribution in [1.82, 2.24) is 4.98 Å². The van der Waals surface area contributed by atoms with Gasteiger partial charge in [-0.05, 0) is 36.8 Å². The number of nitrogens with zero attached hydrogens (tertiary/aromatic N) is 1. The Morgan fingerprint density at radius 2 is 1.78 bits per heavy atom. The molecule has 0 radical (unpaired) electrons. The molecular weight excluding hydrogens is 342 g/mol. The molecule has 3 aromatic rings. The summed E-state index contributed by atoms with van der Waals surface area (Å²) in [5.41, 5.74) is 3.76. The molecular formula is C21H21N3O3. The summed E-state index contributed by atoms with van der Waals surface area (Å²) in [7, 11) is 3.11. The van der Waals surface area contributed by atoms with E-state index in [9.17, 15) is 4.79 Å². The summed E-state index contributed by atoms with van der Waals surface area (Å²) < 4.78 is 10.5. The van der Waals surface area contributed by atoms with E-state index >= 15 is 0 Å². The molecule has 2 aromatic carbocycles. The number of aryl methyl sites for hydroxylation is 1. The van der Waals surface area contributed by atoms with Crippen molar-refractivity contribution in [2.45, 2.75) is 6.92 Å². The zero-order valence-electron chi connectivity index (χ0n) is 15.4. The molecule has 0 saturated carbocycles. The summed E-state index contributed by atoms with van der Waals surface area (Å²) in [4.78, 5) is 16.8. The number of amides is 1. The minimum Gasteiger partial charge on any atom is -0.497 e. The Morgan fingerprint density at radius 3 is 2.52 bits per heavy atom. The highest BCUT2D eigenvalue weighted by Gasteiger charge is 2.12. The standard InChI is InChI=1S/C21H21N3O3/c1-14-6-4-5-7-18(14)23-16-10-15(12-22-13-16)21(25)24-19-11-17(26-2)8-9-20(19)27-3/h4-13,23H,1-3H3,(H,24,25). The number of para-hydroxylation sites is 1. The highest BCUT2D eigenvalue weighted by atomic mass is 16.5. The molecule has 1 heterocycles. The molecule has 0 saturated heterocycles.